The first-order valence-electron chi connectivity index (χ1n) is 3.60. The highest BCUT2D eigenvalue weighted by Crippen LogP contribution is 2.12. The second kappa shape index (κ2) is 3.87. The van der Waals surface area contributed by atoms with E-state index in [0.717, 1.165) is 0 Å². The Labute approximate surface area is 80.1 Å². The summed E-state index contributed by atoms with van der Waals surface area (Å²) in [6, 6.07) is 3.47. The van der Waals surface area contributed by atoms with Crippen molar-refractivity contribution in [3.8, 4) is 6.07 Å². The molecule has 0 atom stereocenters. The standard InChI is InChI=1S/C9H8N2OS/c1-6(11)8(4-10)9(12)7-2-3-13-5-7/h2-3,5H,11H2,1H3/b8-6+. The summed E-state index contributed by atoms with van der Waals surface area (Å²) in [4.78, 5) is 11.5. The van der Waals surface area contributed by atoms with Crippen molar-refractivity contribution < 1.29 is 4.79 Å². The number of Topliss-reactive ketones (excluding diaryl/α,β-unsaturated/α-hetero) is 1. The maximum Gasteiger partial charge on any atom is 0.206 e. The third-order valence-corrected chi connectivity index (χ3v) is 2.20. The highest BCUT2D eigenvalue weighted by Gasteiger charge is 2.13. The van der Waals surface area contributed by atoms with E-state index in [9.17, 15) is 4.79 Å². The van der Waals surface area contributed by atoms with Crippen molar-refractivity contribution in [3.05, 3.63) is 33.7 Å². The van der Waals surface area contributed by atoms with Gasteiger partial charge in [-0.2, -0.15) is 16.6 Å². The van der Waals surface area contributed by atoms with Crippen LogP contribution in [0.5, 0.6) is 0 Å². The van der Waals surface area contributed by atoms with Gasteiger partial charge in [0.15, 0.2) is 0 Å². The van der Waals surface area contributed by atoms with Gasteiger partial charge in [0.1, 0.15) is 11.6 Å². The Balaban J connectivity index is 3.06. The fourth-order valence-corrected chi connectivity index (χ4v) is 1.49. The number of carbonyl (C=O) groups is 1. The number of nitriles is 1. The van der Waals surface area contributed by atoms with E-state index in [-0.39, 0.29) is 17.1 Å². The minimum Gasteiger partial charge on any atom is -0.401 e. The van der Waals surface area contributed by atoms with Crippen LogP contribution < -0.4 is 5.73 Å². The van der Waals surface area contributed by atoms with Crippen LogP contribution in [0.1, 0.15) is 17.3 Å². The molecule has 0 fully saturated rings. The van der Waals surface area contributed by atoms with Gasteiger partial charge in [-0.1, -0.05) is 0 Å². The van der Waals surface area contributed by atoms with E-state index in [1.54, 1.807) is 29.8 Å². The number of ketones is 1. The molecule has 1 rings (SSSR count). The Kier molecular flexibility index (Phi) is 2.83. The molecule has 0 aliphatic rings. The molecular formula is C9H8N2OS. The van der Waals surface area contributed by atoms with Gasteiger partial charge >= 0.3 is 0 Å². The first kappa shape index (κ1) is 9.49. The summed E-state index contributed by atoms with van der Waals surface area (Å²) in [5.74, 6) is -0.302. The normalized spacial score (nSPS) is 11.7. The molecule has 1 aromatic rings. The van der Waals surface area contributed by atoms with Crippen molar-refractivity contribution in [2.45, 2.75) is 6.92 Å². The summed E-state index contributed by atoms with van der Waals surface area (Å²) in [5.41, 5.74) is 6.20. The van der Waals surface area contributed by atoms with E-state index in [0.29, 0.717) is 5.56 Å². The third-order valence-electron chi connectivity index (χ3n) is 1.52. The predicted molar refractivity (Wildman–Crippen MR) is 51.1 cm³/mol. The number of hydrogen-bond acceptors (Lipinski definition) is 4. The Bertz CT molecular complexity index is 380. The monoisotopic (exact) mass is 192 g/mol. The Morgan fingerprint density at radius 3 is 2.77 bits per heavy atom. The van der Waals surface area contributed by atoms with Crippen molar-refractivity contribution >= 4 is 17.1 Å². The fraction of sp³-hybridized carbons (Fsp3) is 0.111. The lowest BCUT2D eigenvalue weighted by Gasteiger charge is -1.96. The van der Waals surface area contributed by atoms with Gasteiger partial charge in [-0.05, 0) is 18.4 Å². The minimum atomic E-state index is -0.302. The van der Waals surface area contributed by atoms with Crippen LogP contribution in [0, 0.1) is 11.3 Å². The smallest absolute Gasteiger partial charge is 0.206 e. The number of rotatable bonds is 2. The van der Waals surface area contributed by atoms with Gasteiger partial charge in [-0.15, -0.1) is 0 Å². The van der Waals surface area contributed by atoms with E-state index >= 15 is 0 Å². The average molecular weight is 192 g/mol. The van der Waals surface area contributed by atoms with E-state index in [2.05, 4.69) is 0 Å². The summed E-state index contributed by atoms with van der Waals surface area (Å²) >= 11 is 1.41. The molecule has 1 heterocycles. The maximum atomic E-state index is 11.5. The van der Waals surface area contributed by atoms with Gasteiger partial charge in [-0.3, -0.25) is 4.79 Å². The predicted octanol–water partition coefficient (Wildman–Crippen LogP) is 1.69. The lowest BCUT2D eigenvalue weighted by molar-refractivity contribution is 0.103. The van der Waals surface area contributed by atoms with Crippen LogP contribution in [0.3, 0.4) is 0 Å². The summed E-state index contributed by atoms with van der Waals surface area (Å²) in [6.45, 7) is 1.54. The lowest BCUT2D eigenvalue weighted by atomic mass is 10.1. The van der Waals surface area contributed by atoms with Gasteiger partial charge in [-0.25, -0.2) is 0 Å². The Morgan fingerprint density at radius 1 is 1.69 bits per heavy atom. The largest absolute Gasteiger partial charge is 0.401 e. The summed E-state index contributed by atoms with van der Waals surface area (Å²) in [7, 11) is 0. The molecule has 4 heteroatoms. The Hall–Kier alpha value is -1.60. The highest BCUT2D eigenvalue weighted by atomic mass is 32.1. The van der Waals surface area contributed by atoms with Crippen LogP contribution in [0.15, 0.2) is 28.1 Å². The van der Waals surface area contributed by atoms with Gasteiger partial charge in [0.2, 0.25) is 5.78 Å². The molecular weight excluding hydrogens is 184 g/mol. The van der Waals surface area contributed by atoms with Gasteiger partial charge in [0.25, 0.3) is 0 Å². The van der Waals surface area contributed by atoms with Crippen molar-refractivity contribution in [2.75, 3.05) is 0 Å². The molecule has 2 N–H and O–H groups in total. The number of carbonyl (C=O) groups excluding carboxylic acids is 1. The Morgan fingerprint density at radius 2 is 2.38 bits per heavy atom. The van der Waals surface area contributed by atoms with E-state index in [1.807, 2.05) is 0 Å². The molecule has 3 nitrogen and oxygen atoms in total. The molecule has 0 aromatic carbocycles. The molecule has 0 radical (unpaired) electrons. The zero-order valence-corrected chi connectivity index (χ0v) is 7.89. The van der Waals surface area contributed by atoms with Crippen LogP contribution in [0.2, 0.25) is 0 Å². The van der Waals surface area contributed by atoms with Crippen LogP contribution >= 0.6 is 11.3 Å². The molecule has 0 aliphatic heterocycles. The second-order valence-corrected chi connectivity index (χ2v) is 3.29. The number of hydrogen-bond donors (Lipinski definition) is 1. The van der Waals surface area contributed by atoms with Crippen LogP contribution in [-0.2, 0) is 0 Å². The quantitative estimate of drug-likeness (QED) is 0.440. The molecule has 0 spiro atoms. The van der Waals surface area contributed by atoms with Crippen molar-refractivity contribution in [1.82, 2.24) is 0 Å². The number of nitrogens with zero attached hydrogens (tertiary/aromatic N) is 1. The molecule has 0 bridgehead atoms. The molecule has 0 amide bonds. The number of thiophene rings is 1. The summed E-state index contributed by atoms with van der Waals surface area (Å²) in [6.07, 6.45) is 0. The van der Waals surface area contributed by atoms with Gasteiger partial charge in [0.05, 0.1) is 0 Å². The van der Waals surface area contributed by atoms with E-state index in [4.69, 9.17) is 11.0 Å². The lowest BCUT2D eigenvalue weighted by Crippen LogP contribution is -2.07. The molecule has 0 saturated heterocycles. The first-order chi connectivity index (χ1) is 6.16. The van der Waals surface area contributed by atoms with Crippen LogP contribution in [0.4, 0.5) is 0 Å². The molecule has 1 aromatic heterocycles. The van der Waals surface area contributed by atoms with Gasteiger partial charge in [0, 0.05) is 16.6 Å². The number of allylic oxidation sites excluding steroid dienone is 2. The average Bonchev–Trinajstić information content (AvgIpc) is 2.56. The van der Waals surface area contributed by atoms with Crippen molar-refractivity contribution in [2.24, 2.45) is 5.73 Å². The molecule has 0 unspecified atom stereocenters. The summed E-state index contributed by atoms with van der Waals surface area (Å²) in [5, 5.41) is 12.1. The van der Waals surface area contributed by atoms with E-state index in [1.165, 1.54) is 11.3 Å². The maximum absolute atomic E-state index is 11.5. The summed E-state index contributed by atoms with van der Waals surface area (Å²) < 4.78 is 0. The molecule has 0 saturated carbocycles. The van der Waals surface area contributed by atoms with Crippen molar-refractivity contribution in [3.63, 3.8) is 0 Å². The van der Waals surface area contributed by atoms with Crippen molar-refractivity contribution in [1.29, 1.82) is 5.26 Å². The number of nitrogens with two attached hydrogens (primary N) is 1. The topological polar surface area (TPSA) is 66.9 Å². The van der Waals surface area contributed by atoms with E-state index < -0.39 is 0 Å². The van der Waals surface area contributed by atoms with Crippen LogP contribution in [-0.4, -0.2) is 5.78 Å². The first-order valence-corrected chi connectivity index (χ1v) is 4.54. The SMILES string of the molecule is C/C(N)=C(/C#N)C(=O)c1ccsc1. The van der Waals surface area contributed by atoms with Crippen LogP contribution in [0.25, 0.3) is 0 Å². The zero-order chi connectivity index (χ0) is 9.84. The minimum absolute atomic E-state index is 0.0263. The highest BCUT2D eigenvalue weighted by molar-refractivity contribution is 7.08. The second-order valence-electron chi connectivity index (χ2n) is 2.51. The molecule has 13 heavy (non-hydrogen) atoms. The zero-order valence-electron chi connectivity index (χ0n) is 7.07. The fourth-order valence-electron chi connectivity index (χ4n) is 0.856. The molecule has 66 valence electrons. The van der Waals surface area contributed by atoms with Gasteiger partial charge < -0.3 is 5.73 Å². The third kappa shape index (κ3) is 1.95. The molecule has 0 aliphatic carbocycles.